The monoisotopic (exact) mass is 381 g/mol. The fourth-order valence-electron chi connectivity index (χ4n) is 3.25. The van der Waals surface area contributed by atoms with Crippen molar-refractivity contribution in [1.82, 2.24) is 9.88 Å². The number of esters is 1. The molecule has 2 aromatic rings. The van der Waals surface area contributed by atoms with Gasteiger partial charge in [0.25, 0.3) is 11.8 Å². The molecule has 0 aliphatic carbocycles. The van der Waals surface area contributed by atoms with Crippen LogP contribution in [-0.2, 0) is 4.74 Å². The molecule has 1 aromatic carbocycles. The smallest absolute Gasteiger partial charge is 0.337 e. The van der Waals surface area contributed by atoms with Crippen molar-refractivity contribution in [1.29, 1.82) is 0 Å². The zero-order chi connectivity index (χ0) is 20.1. The molecule has 1 saturated heterocycles. The van der Waals surface area contributed by atoms with Crippen LogP contribution >= 0.6 is 0 Å². The van der Waals surface area contributed by atoms with E-state index in [-0.39, 0.29) is 11.6 Å². The number of hydrogen-bond acceptors (Lipinski definition) is 5. The van der Waals surface area contributed by atoms with E-state index in [0.29, 0.717) is 22.7 Å². The van der Waals surface area contributed by atoms with Crippen molar-refractivity contribution in [3.05, 3.63) is 59.4 Å². The summed E-state index contributed by atoms with van der Waals surface area (Å²) < 4.78 is 4.65. The van der Waals surface area contributed by atoms with E-state index >= 15 is 0 Å². The van der Waals surface area contributed by atoms with E-state index in [4.69, 9.17) is 0 Å². The van der Waals surface area contributed by atoms with Gasteiger partial charge in [-0.3, -0.25) is 14.6 Å². The first kappa shape index (κ1) is 19.5. The van der Waals surface area contributed by atoms with Crippen molar-refractivity contribution in [3.8, 4) is 0 Å². The summed E-state index contributed by atoms with van der Waals surface area (Å²) >= 11 is 0. The Morgan fingerprint density at radius 3 is 2.57 bits per heavy atom. The Hall–Kier alpha value is -3.22. The van der Waals surface area contributed by atoms with Gasteiger partial charge in [0.15, 0.2) is 0 Å². The summed E-state index contributed by atoms with van der Waals surface area (Å²) in [7, 11) is 1.31. The van der Waals surface area contributed by atoms with Crippen molar-refractivity contribution in [2.45, 2.75) is 19.8 Å². The van der Waals surface area contributed by atoms with Crippen LogP contribution in [0.25, 0.3) is 0 Å². The SMILES string of the molecule is COC(=O)c1ccc(NC(=O)c2cc(C(=O)N3CCCC(C)C3)ccn2)cc1. The first-order chi connectivity index (χ1) is 13.5. The Balaban J connectivity index is 1.70. The number of rotatable bonds is 4. The second-order valence-electron chi connectivity index (χ2n) is 6.95. The Morgan fingerprint density at radius 2 is 1.89 bits per heavy atom. The van der Waals surface area contributed by atoms with Gasteiger partial charge in [0, 0.05) is 30.5 Å². The average molecular weight is 381 g/mol. The van der Waals surface area contributed by atoms with Gasteiger partial charge in [-0.1, -0.05) is 6.92 Å². The van der Waals surface area contributed by atoms with Gasteiger partial charge in [-0.25, -0.2) is 4.79 Å². The van der Waals surface area contributed by atoms with Gasteiger partial charge in [0.1, 0.15) is 5.69 Å². The Labute approximate surface area is 163 Å². The quantitative estimate of drug-likeness (QED) is 0.823. The molecular formula is C21H23N3O4. The van der Waals surface area contributed by atoms with E-state index in [9.17, 15) is 14.4 Å². The highest BCUT2D eigenvalue weighted by molar-refractivity contribution is 6.05. The van der Waals surface area contributed by atoms with Gasteiger partial charge >= 0.3 is 5.97 Å². The second kappa shape index (κ2) is 8.65. The van der Waals surface area contributed by atoms with Crippen LogP contribution in [0.1, 0.15) is 51.0 Å². The first-order valence-electron chi connectivity index (χ1n) is 9.23. The third-order valence-electron chi connectivity index (χ3n) is 4.75. The maximum absolute atomic E-state index is 12.7. The number of aromatic nitrogens is 1. The molecule has 28 heavy (non-hydrogen) atoms. The molecule has 7 nitrogen and oxygen atoms in total. The highest BCUT2D eigenvalue weighted by Crippen LogP contribution is 2.18. The number of nitrogens with one attached hydrogen (secondary N) is 1. The summed E-state index contributed by atoms with van der Waals surface area (Å²) in [4.78, 5) is 42.6. The fourth-order valence-corrected chi connectivity index (χ4v) is 3.25. The van der Waals surface area contributed by atoms with Gasteiger partial charge in [0.05, 0.1) is 12.7 Å². The topological polar surface area (TPSA) is 88.6 Å². The minimum absolute atomic E-state index is 0.0783. The largest absolute Gasteiger partial charge is 0.465 e. The Bertz CT molecular complexity index is 879. The van der Waals surface area contributed by atoms with Gasteiger partial charge < -0.3 is 15.0 Å². The number of nitrogens with zero attached hydrogens (tertiary/aromatic N) is 2. The van der Waals surface area contributed by atoms with Gasteiger partial charge in [-0.15, -0.1) is 0 Å². The van der Waals surface area contributed by atoms with Crippen molar-refractivity contribution in [3.63, 3.8) is 0 Å². The fraction of sp³-hybridized carbons (Fsp3) is 0.333. The highest BCUT2D eigenvalue weighted by atomic mass is 16.5. The number of benzene rings is 1. The lowest BCUT2D eigenvalue weighted by Gasteiger charge is -2.31. The number of methoxy groups -OCH3 is 1. The zero-order valence-electron chi connectivity index (χ0n) is 16.0. The van der Waals surface area contributed by atoms with Crippen LogP contribution in [0.4, 0.5) is 5.69 Å². The summed E-state index contributed by atoms with van der Waals surface area (Å²) in [6, 6.07) is 9.48. The normalized spacial score (nSPS) is 16.4. The molecule has 1 aliphatic rings. The molecule has 0 bridgehead atoms. The molecule has 1 aromatic heterocycles. The average Bonchev–Trinajstić information content (AvgIpc) is 2.73. The number of piperidine rings is 1. The third-order valence-corrected chi connectivity index (χ3v) is 4.75. The number of hydrogen-bond donors (Lipinski definition) is 1. The molecule has 1 atom stereocenters. The lowest BCUT2D eigenvalue weighted by molar-refractivity contribution is 0.0600. The van der Waals surface area contributed by atoms with Crippen LogP contribution < -0.4 is 5.32 Å². The van der Waals surface area contributed by atoms with Crippen LogP contribution in [0.15, 0.2) is 42.6 Å². The van der Waals surface area contributed by atoms with Gasteiger partial charge in [-0.05, 0) is 55.2 Å². The highest BCUT2D eigenvalue weighted by Gasteiger charge is 2.23. The molecular weight excluding hydrogens is 358 g/mol. The van der Waals surface area contributed by atoms with E-state index in [1.165, 1.54) is 19.4 Å². The van der Waals surface area contributed by atoms with E-state index < -0.39 is 11.9 Å². The standard InChI is InChI=1S/C21H23N3O4/c1-14-4-3-11-24(13-14)20(26)16-9-10-22-18(12-16)19(25)23-17-7-5-15(6-8-17)21(27)28-2/h5-10,12,14H,3-4,11,13H2,1-2H3,(H,23,25). The predicted molar refractivity (Wildman–Crippen MR) is 104 cm³/mol. The Kier molecular flexibility index (Phi) is 6.03. The number of anilines is 1. The second-order valence-corrected chi connectivity index (χ2v) is 6.95. The number of carbonyl (C=O) groups excluding carboxylic acids is 3. The molecule has 1 unspecified atom stereocenters. The molecule has 0 radical (unpaired) electrons. The molecule has 1 aliphatic heterocycles. The molecule has 3 rings (SSSR count). The van der Waals surface area contributed by atoms with Crippen LogP contribution in [-0.4, -0.2) is 47.9 Å². The molecule has 1 N–H and O–H groups in total. The number of carbonyl (C=O) groups is 3. The van der Waals surface area contributed by atoms with E-state index in [2.05, 4.69) is 22.0 Å². The predicted octanol–water partition coefficient (Wildman–Crippen LogP) is 2.99. The number of ether oxygens (including phenoxy) is 1. The van der Waals surface area contributed by atoms with E-state index in [1.54, 1.807) is 30.3 Å². The van der Waals surface area contributed by atoms with Gasteiger partial charge in [0.2, 0.25) is 0 Å². The minimum atomic E-state index is -0.446. The molecule has 146 valence electrons. The summed E-state index contributed by atoms with van der Waals surface area (Å²) in [6.45, 7) is 3.60. The van der Waals surface area contributed by atoms with Crippen molar-refractivity contribution >= 4 is 23.5 Å². The number of likely N-dealkylation sites (tertiary alicyclic amines) is 1. The molecule has 1 fully saturated rings. The van der Waals surface area contributed by atoms with Gasteiger partial charge in [-0.2, -0.15) is 0 Å². The van der Waals surface area contributed by atoms with Crippen LogP contribution in [0.3, 0.4) is 0 Å². The summed E-state index contributed by atoms with van der Waals surface area (Å²) in [5, 5.41) is 2.72. The molecule has 2 amide bonds. The maximum atomic E-state index is 12.7. The minimum Gasteiger partial charge on any atom is -0.465 e. The zero-order valence-corrected chi connectivity index (χ0v) is 16.0. The summed E-state index contributed by atoms with van der Waals surface area (Å²) in [6.07, 6.45) is 3.59. The summed E-state index contributed by atoms with van der Waals surface area (Å²) in [5.41, 5.74) is 1.52. The van der Waals surface area contributed by atoms with E-state index in [1.807, 2.05) is 4.90 Å². The third kappa shape index (κ3) is 4.54. The molecule has 2 heterocycles. The van der Waals surface area contributed by atoms with E-state index in [0.717, 1.165) is 25.9 Å². The summed E-state index contributed by atoms with van der Waals surface area (Å²) in [5.74, 6) is -0.467. The van der Waals surface area contributed by atoms with Crippen molar-refractivity contribution in [2.24, 2.45) is 5.92 Å². The molecule has 0 saturated carbocycles. The lowest BCUT2D eigenvalue weighted by atomic mass is 9.99. The molecule has 0 spiro atoms. The maximum Gasteiger partial charge on any atom is 0.337 e. The lowest BCUT2D eigenvalue weighted by Crippen LogP contribution is -2.39. The Morgan fingerprint density at radius 1 is 1.14 bits per heavy atom. The van der Waals surface area contributed by atoms with Crippen LogP contribution in [0.5, 0.6) is 0 Å². The molecule has 7 heteroatoms. The van der Waals surface area contributed by atoms with Crippen molar-refractivity contribution < 1.29 is 19.1 Å². The number of pyridine rings is 1. The van der Waals surface area contributed by atoms with Crippen molar-refractivity contribution in [2.75, 3.05) is 25.5 Å². The van der Waals surface area contributed by atoms with Crippen LogP contribution in [0, 0.1) is 5.92 Å². The first-order valence-corrected chi connectivity index (χ1v) is 9.23. The van der Waals surface area contributed by atoms with Crippen LogP contribution in [0.2, 0.25) is 0 Å². The number of amides is 2.